The molecule has 7 heteroatoms. The summed E-state index contributed by atoms with van der Waals surface area (Å²) in [7, 11) is -3.51. The van der Waals surface area contributed by atoms with Crippen molar-refractivity contribution in [1.82, 2.24) is 9.88 Å². The molecule has 1 aliphatic carbocycles. The monoisotopic (exact) mass is 316 g/mol. The second-order valence-electron chi connectivity index (χ2n) is 6.09. The number of hydrogen-bond donors (Lipinski definition) is 2. The number of sulfonamides is 1. The minimum absolute atomic E-state index is 0.0720. The van der Waals surface area contributed by atoms with Gasteiger partial charge in [0.25, 0.3) is 0 Å². The third kappa shape index (κ3) is 4.79. The van der Waals surface area contributed by atoms with E-state index >= 15 is 0 Å². The average molecular weight is 316 g/mol. The molecule has 0 aliphatic heterocycles. The maximum Gasteiger partial charge on any atom is 0.217 e. The second kappa shape index (κ2) is 6.46. The normalized spacial score (nSPS) is 26.9. The lowest BCUT2D eigenvalue weighted by molar-refractivity contribution is -0.00443. The van der Waals surface area contributed by atoms with Crippen LogP contribution in [-0.4, -0.2) is 30.8 Å². The smallest absolute Gasteiger partial charge is 0.217 e. The maximum absolute atomic E-state index is 12.0. The topological polar surface area (TPSA) is 92.4 Å². The Kier molecular flexibility index (Phi) is 5.06. The van der Waals surface area contributed by atoms with Crippen LogP contribution in [0.4, 0.5) is 0 Å². The maximum atomic E-state index is 12.0. The number of rotatable bonds is 6. The van der Waals surface area contributed by atoms with Crippen molar-refractivity contribution in [2.45, 2.75) is 57.3 Å². The third-order valence-corrected chi connectivity index (χ3v) is 5.51. The van der Waals surface area contributed by atoms with Crippen LogP contribution < -0.4 is 4.72 Å². The molecule has 2 N–H and O–H groups in total. The van der Waals surface area contributed by atoms with Crippen LogP contribution in [0.3, 0.4) is 0 Å². The van der Waals surface area contributed by atoms with Gasteiger partial charge in [0.15, 0.2) is 0 Å². The Labute approximate surface area is 126 Å². The van der Waals surface area contributed by atoms with Gasteiger partial charge < -0.3 is 9.63 Å². The second-order valence-corrected chi connectivity index (χ2v) is 7.89. The molecule has 0 radical (unpaired) electrons. The first-order chi connectivity index (χ1) is 9.82. The van der Waals surface area contributed by atoms with Gasteiger partial charge in [0, 0.05) is 12.6 Å². The van der Waals surface area contributed by atoms with Gasteiger partial charge in [-0.15, -0.1) is 0 Å². The number of aryl methyl sites for hydroxylation is 1. The SMILES string of the molecule is CCC1CCC(O)(CNS(=O)(=O)Cc2cc(C)on2)CC1. The van der Waals surface area contributed by atoms with Gasteiger partial charge in [-0.1, -0.05) is 18.5 Å². The molecule has 2 rings (SSSR count). The van der Waals surface area contributed by atoms with Crippen molar-refractivity contribution in [2.75, 3.05) is 6.54 Å². The molecule has 1 saturated carbocycles. The first-order valence-electron chi connectivity index (χ1n) is 7.44. The zero-order valence-electron chi connectivity index (χ0n) is 12.6. The molecule has 0 bridgehead atoms. The van der Waals surface area contributed by atoms with Crippen molar-refractivity contribution in [1.29, 1.82) is 0 Å². The summed E-state index contributed by atoms with van der Waals surface area (Å²) in [5.74, 6) is 1.01. The molecule has 0 amide bonds. The van der Waals surface area contributed by atoms with Crippen molar-refractivity contribution < 1.29 is 18.0 Å². The number of aliphatic hydroxyl groups is 1. The summed E-state index contributed by atoms with van der Waals surface area (Å²) >= 11 is 0. The lowest BCUT2D eigenvalue weighted by Gasteiger charge is -2.35. The Morgan fingerprint density at radius 3 is 2.67 bits per heavy atom. The lowest BCUT2D eigenvalue weighted by Crippen LogP contribution is -2.45. The summed E-state index contributed by atoms with van der Waals surface area (Å²) in [6, 6.07) is 1.60. The predicted molar refractivity (Wildman–Crippen MR) is 79.1 cm³/mol. The molecule has 1 heterocycles. The van der Waals surface area contributed by atoms with Gasteiger partial charge >= 0.3 is 0 Å². The van der Waals surface area contributed by atoms with E-state index in [0.29, 0.717) is 30.2 Å². The van der Waals surface area contributed by atoms with Crippen LogP contribution in [-0.2, 0) is 15.8 Å². The number of aromatic nitrogens is 1. The van der Waals surface area contributed by atoms with Gasteiger partial charge in [0.1, 0.15) is 17.2 Å². The predicted octanol–water partition coefficient (Wildman–Crippen LogP) is 1.73. The van der Waals surface area contributed by atoms with E-state index in [1.54, 1.807) is 13.0 Å². The van der Waals surface area contributed by atoms with Gasteiger partial charge in [-0.3, -0.25) is 0 Å². The van der Waals surface area contributed by atoms with Crippen molar-refractivity contribution in [3.63, 3.8) is 0 Å². The fraction of sp³-hybridized carbons (Fsp3) is 0.786. The molecule has 0 unspecified atom stereocenters. The molecule has 0 saturated heterocycles. The molecule has 0 spiro atoms. The highest BCUT2D eigenvalue weighted by Gasteiger charge is 2.33. The summed E-state index contributed by atoms with van der Waals surface area (Å²) < 4.78 is 31.4. The largest absolute Gasteiger partial charge is 0.389 e. The highest BCUT2D eigenvalue weighted by Crippen LogP contribution is 2.33. The molecular formula is C14H24N2O4S. The Bertz CT molecular complexity index is 559. The van der Waals surface area contributed by atoms with Gasteiger partial charge in [-0.25, -0.2) is 13.1 Å². The van der Waals surface area contributed by atoms with Crippen molar-refractivity contribution in [3.05, 3.63) is 17.5 Å². The van der Waals surface area contributed by atoms with Crippen molar-refractivity contribution >= 4 is 10.0 Å². The van der Waals surface area contributed by atoms with Gasteiger partial charge in [-0.05, 0) is 38.5 Å². The molecule has 0 atom stereocenters. The van der Waals surface area contributed by atoms with E-state index in [0.717, 1.165) is 19.3 Å². The van der Waals surface area contributed by atoms with E-state index in [1.165, 1.54) is 0 Å². The zero-order chi connectivity index (χ0) is 15.5. The van der Waals surface area contributed by atoms with E-state index < -0.39 is 15.6 Å². The standard InChI is InChI=1S/C14H24N2O4S/c1-3-12-4-6-14(17,7-5-12)10-15-21(18,19)9-13-8-11(2)20-16-13/h8,12,15,17H,3-7,9-10H2,1-2H3. The number of nitrogens with one attached hydrogen (secondary N) is 1. The molecule has 1 aromatic rings. The molecule has 6 nitrogen and oxygen atoms in total. The molecule has 21 heavy (non-hydrogen) atoms. The number of nitrogens with zero attached hydrogens (tertiary/aromatic N) is 1. The highest BCUT2D eigenvalue weighted by molar-refractivity contribution is 7.88. The van der Waals surface area contributed by atoms with Crippen LogP contribution in [0.25, 0.3) is 0 Å². The van der Waals surface area contributed by atoms with Crippen LogP contribution in [0, 0.1) is 12.8 Å². The quantitative estimate of drug-likeness (QED) is 0.834. The molecule has 1 fully saturated rings. The Balaban J connectivity index is 1.86. The third-order valence-electron chi connectivity index (χ3n) is 4.25. The molecular weight excluding hydrogens is 292 g/mol. The number of hydrogen-bond acceptors (Lipinski definition) is 5. The Morgan fingerprint density at radius 2 is 2.14 bits per heavy atom. The van der Waals surface area contributed by atoms with E-state index in [4.69, 9.17) is 4.52 Å². The van der Waals surface area contributed by atoms with Gasteiger partial charge in [0.2, 0.25) is 10.0 Å². The first kappa shape index (κ1) is 16.5. The summed E-state index contributed by atoms with van der Waals surface area (Å²) in [6.07, 6.45) is 4.33. The van der Waals surface area contributed by atoms with Crippen molar-refractivity contribution in [2.24, 2.45) is 5.92 Å². The van der Waals surface area contributed by atoms with Crippen LogP contribution in [0.1, 0.15) is 50.5 Å². The van der Waals surface area contributed by atoms with Crippen LogP contribution in [0.5, 0.6) is 0 Å². The Morgan fingerprint density at radius 1 is 1.48 bits per heavy atom. The van der Waals surface area contributed by atoms with Gasteiger partial charge in [0.05, 0.1) is 5.60 Å². The van der Waals surface area contributed by atoms with E-state index in [2.05, 4.69) is 16.8 Å². The minimum atomic E-state index is -3.51. The summed E-state index contributed by atoms with van der Waals surface area (Å²) in [6.45, 7) is 3.94. The van der Waals surface area contributed by atoms with Crippen LogP contribution in [0.2, 0.25) is 0 Å². The average Bonchev–Trinajstić information content (AvgIpc) is 2.82. The molecule has 1 aromatic heterocycles. The molecule has 0 aromatic carbocycles. The Hall–Kier alpha value is -0.920. The van der Waals surface area contributed by atoms with E-state index in [9.17, 15) is 13.5 Å². The van der Waals surface area contributed by atoms with Crippen LogP contribution >= 0.6 is 0 Å². The summed E-state index contributed by atoms with van der Waals surface area (Å²) in [5, 5.41) is 14.1. The fourth-order valence-electron chi connectivity index (χ4n) is 2.78. The highest BCUT2D eigenvalue weighted by atomic mass is 32.2. The lowest BCUT2D eigenvalue weighted by atomic mass is 9.78. The van der Waals surface area contributed by atoms with Crippen LogP contribution in [0.15, 0.2) is 10.6 Å². The van der Waals surface area contributed by atoms with E-state index in [1.807, 2.05) is 0 Å². The van der Waals surface area contributed by atoms with E-state index in [-0.39, 0.29) is 12.3 Å². The minimum Gasteiger partial charge on any atom is -0.389 e. The zero-order valence-corrected chi connectivity index (χ0v) is 13.4. The summed E-state index contributed by atoms with van der Waals surface area (Å²) in [4.78, 5) is 0. The first-order valence-corrected chi connectivity index (χ1v) is 9.09. The van der Waals surface area contributed by atoms with Gasteiger partial charge in [-0.2, -0.15) is 0 Å². The molecule has 1 aliphatic rings. The molecule has 120 valence electrons. The summed E-state index contributed by atoms with van der Waals surface area (Å²) in [5.41, 5.74) is -0.542. The van der Waals surface area contributed by atoms with Crippen molar-refractivity contribution in [3.8, 4) is 0 Å². The fourth-order valence-corrected chi connectivity index (χ4v) is 3.89.